The third-order valence-electron chi connectivity index (χ3n) is 8.22. The Morgan fingerprint density at radius 3 is 2.70 bits per heavy atom. The molecule has 0 aromatic rings. The van der Waals surface area contributed by atoms with Crippen LogP contribution >= 0.6 is 0 Å². The van der Waals surface area contributed by atoms with Gasteiger partial charge in [0.2, 0.25) is 0 Å². The molecule has 3 aliphatic carbocycles. The minimum absolute atomic E-state index is 0.279. The van der Waals surface area contributed by atoms with Crippen molar-refractivity contribution < 1.29 is 15.3 Å². The van der Waals surface area contributed by atoms with Gasteiger partial charge in [-0.25, -0.2) is 0 Å². The van der Waals surface area contributed by atoms with Crippen LogP contribution in [0.5, 0.6) is 0 Å². The van der Waals surface area contributed by atoms with Crippen molar-refractivity contribution in [2.45, 2.75) is 96.9 Å². The maximum absolute atomic E-state index is 10.4. The molecule has 3 heteroatoms. The van der Waals surface area contributed by atoms with Gasteiger partial charge in [-0.15, -0.1) is 6.58 Å². The minimum atomic E-state index is -0.627. The van der Waals surface area contributed by atoms with Gasteiger partial charge in [-0.3, -0.25) is 0 Å². The van der Waals surface area contributed by atoms with Crippen LogP contribution < -0.4 is 0 Å². The third kappa shape index (κ3) is 5.00. The number of aliphatic hydroxyl groups is 3. The highest BCUT2D eigenvalue weighted by atomic mass is 16.3. The Morgan fingerprint density at radius 2 is 2.00 bits per heavy atom. The molecule has 0 heterocycles. The summed E-state index contributed by atoms with van der Waals surface area (Å²) < 4.78 is 0. The predicted molar refractivity (Wildman–Crippen MR) is 124 cm³/mol. The van der Waals surface area contributed by atoms with E-state index in [9.17, 15) is 15.3 Å². The molecule has 3 aliphatic rings. The normalized spacial score (nSPS) is 39.2. The van der Waals surface area contributed by atoms with Crippen LogP contribution in [0.3, 0.4) is 0 Å². The topological polar surface area (TPSA) is 60.7 Å². The molecule has 0 spiro atoms. The Balaban J connectivity index is 1.74. The maximum Gasteiger partial charge on any atom is 0.0811 e. The molecule has 3 saturated carbocycles. The number of hydrogen-bond donors (Lipinski definition) is 3. The molecule has 0 aliphatic heterocycles. The van der Waals surface area contributed by atoms with E-state index in [1.807, 2.05) is 6.92 Å². The van der Waals surface area contributed by atoms with Crippen LogP contribution in [-0.2, 0) is 0 Å². The Kier molecular flexibility index (Phi) is 7.48. The molecule has 3 nitrogen and oxygen atoms in total. The largest absolute Gasteiger partial charge is 0.393 e. The molecule has 0 saturated heterocycles. The van der Waals surface area contributed by atoms with Gasteiger partial charge in [0.15, 0.2) is 0 Å². The fourth-order valence-corrected chi connectivity index (χ4v) is 6.76. The summed E-state index contributed by atoms with van der Waals surface area (Å²) in [5, 5.41) is 30.6. The van der Waals surface area contributed by atoms with E-state index in [0.717, 1.165) is 29.6 Å². The molecule has 3 N–H and O–H groups in total. The molecule has 3 fully saturated rings. The van der Waals surface area contributed by atoms with Crippen LogP contribution in [-0.4, -0.2) is 33.6 Å². The highest BCUT2D eigenvalue weighted by Gasteiger charge is 2.50. The van der Waals surface area contributed by atoms with Gasteiger partial charge in [-0.2, -0.15) is 0 Å². The Bertz CT molecular complexity index is 718. The van der Waals surface area contributed by atoms with Crippen molar-refractivity contribution in [3.8, 4) is 0 Å². The van der Waals surface area contributed by atoms with Crippen molar-refractivity contribution >= 4 is 0 Å². The van der Waals surface area contributed by atoms with Gasteiger partial charge in [0.25, 0.3) is 0 Å². The number of rotatable bonds is 6. The van der Waals surface area contributed by atoms with E-state index in [0.29, 0.717) is 42.4 Å². The molecule has 168 valence electrons. The SMILES string of the molecule is C=C(C)C[C@H](O)C[C@@H](C)[C@H]1CC[C@H]2/C(=C/C=C3/C[C@H](O)C[C@@H](O)C3=C)CCC[C@]12C. The van der Waals surface area contributed by atoms with Gasteiger partial charge in [-0.1, -0.05) is 43.7 Å². The molecule has 0 unspecified atom stereocenters. The lowest BCUT2D eigenvalue weighted by Gasteiger charge is -2.44. The monoisotopic (exact) mass is 414 g/mol. The third-order valence-corrected chi connectivity index (χ3v) is 8.22. The molecule has 7 atom stereocenters. The average molecular weight is 415 g/mol. The summed E-state index contributed by atoms with van der Waals surface area (Å²) in [5.41, 5.74) is 4.64. The lowest BCUT2D eigenvalue weighted by molar-refractivity contribution is 0.0641. The first-order valence-electron chi connectivity index (χ1n) is 11.9. The minimum Gasteiger partial charge on any atom is -0.393 e. The standard InChI is InChI=1S/C27H42O3/c1-17(2)13-22(28)14-18(3)24-10-11-25-20(7-6-12-27(24,25)5)8-9-21-15-23(29)16-26(30)19(21)4/h8-9,18,22-26,28-30H,1,4,6-7,10-16H2,2-3,5H3/b20-8+,21-9-/t18-,22+,23+,24-,25+,26-,27-/m1/s1. The summed E-state index contributed by atoms with van der Waals surface area (Å²) in [6.07, 6.45) is 11.6. The molecule has 0 aromatic carbocycles. The molecule has 0 amide bonds. The number of hydrogen-bond acceptors (Lipinski definition) is 3. The van der Waals surface area contributed by atoms with Crippen molar-refractivity contribution in [1.82, 2.24) is 0 Å². The summed E-state index contributed by atoms with van der Waals surface area (Å²) in [4.78, 5) is 0. The van der Waals surface area contributed by atoms with E-state index >= 15 is 0 Å². The molecule has 0 bridgehead atoms. The van der Waals surface area contributed by atoms with E-state index in [-0.39, 0.29) is 6.10 Å². The van der Waals surface area contributed by atoms with Crippen molar-refractivity contribution in [3.63, 3.8) is 0 Å². The predicted octanol–water partition coefficient (Wildman–Crippen LogP) is 5.48. The highest BCUT2D eigenvalue weighted by molar-refractivity contribution is 5.38. The number of aliphatic hydroxyl groups excluding tert-OH is 3. The maximum atomic E-state index is 10.4. The number of fused-ring (bicyclic) bond motifs is 1. The van der Waals surface area contributed by atoms with Crippen LogP contribution in [0, 0.1) is 23.2 Å². The Labute approximate surface area is 183 Å². The first-order valence-corrected chi connectivity index (χ1v) is 11.9. The van der Waals surface area contributed by atoms with Gasteiger partial charge in [0, 0.05) is 6.42 Å². The molecule has 3 rings (SSSR count). The summed E-state index contributed by atoms with van der Waals surface area (Å²) >= 11 is 0. The second kappa shape index (κ2) is 9.54. The van der Waals surface area contributed by atoms with Crippen LogP contribution in [0.25, 0.3) is 0 Å². The van der Waals surface area contributed by atoms with Crippen LogP contribution in [0.15, 0.2) is 47.6 Å². The zero-order valence-electron chi connectivity index (χ0n) is 19.2. The first-order chi connectivity index (χ1) is 14.1. The van der Waals surface area contributed by atoms with E-state index in [2.05, 4.69) is 39.2 Å². The molecule has 0 radical (unpaired) electrons. The van der Waals surface area contributed by atoms with Crippen molar-refractivity contribution in [1.29, 1.82) is 0 Å². The van der Waals surface area contributed by atoms with E-state index in [1.54, 1.807) is 0 Å². The van der Waals surface area contributed by atoms with Gasteiger partial charge in [0.1, 0.15) is 0 Å². The Morgan fingerprint density at radius 1 is 1.27 bits per heavy atom. The number of allylic oxidation sites excluding steroid dienone is 3. The molecular formula is C27H42O3. The zero-order chi connectivity index (χ0) is 22.1. The summed E-state index contributed by atoms with van der Waals surface area (Å²) in [5.74, 6) is 1.75. The lowest BCUT2D eigenvalue weighted by Crippen LogP contribution is -2.36. The van der Waals surface area contributed by atoms with Gasteiger partial charge in [0.05, 0.1) is 18.3 Å². The van der Waals surface area contributed by atoms with E-state index < -0.39 is 12.2 Å². The summed E-state index contributed by atoms with van der Waals surface area (Å²) in [6.45, 7) is 14.8. The van der Waals surface area contributed by atoms with Gasteiger partial charge >= 0.3 is 0 Å². The van der Waals surface area contributed by atoms with E-state index in [1.165, 1.54) is 31.3 Å². The molecule has 0 aromatic heterocycles. The lowest BCUT2D eigenvalue weighted by atomic mass is 9.60. The van der Waals surface area contributed by atoms with E-state index in [4.69, 9.17) is 0 Å². The van der Waals surface area contributed by atoms with Crippen molar-refractivity contribution in [3.05, 3.63) is 47.6 Å². The van der Waals surface area contributed by atoms with Crippen molar-refractivity contribution in [2.75, 3.05) is 0 Å². The molecule has 30 heavy (non-hydrogen) atoms. The fourth-order valence-electron chi connectivity index (χ4n) is 6.76. The van der Waals surface area contributed by atoms with Gasteiger partial charge in [-0.05, 0) is 92.6 Å². The second-order valence-electron chi connectivity index (χ2n) is 10.7. The van der Waals surface area contributed by atoms with Crippen LogP contribution in [0.1, 0.15) is 78.6 Å². The van der Waals surface area contributed by atoms with Gasteiger partial charge < -0.3 is 15.3 Å². The van der Waals surface area contributed by atoms with Crippen LogP contribution in [0.2, 0.25) is 0 Å². The van der Waals surface area contributed by atoms with Crippen LogP contribution in [0.4, 0.5) is 0 Å². The zero-order valence-corrected chi connectivity index (χ0v) is 19.2. The highest BCUT2D eigenvalue weighted by Crippen LogP contribution is 2.60. The fraction of sp³-hybridized carbons (Fsp3) is 0.704. The smallest absolute Gasteiger partial charge is 0.0811 e. The quantitative estimate of drug-likeness (QED) is 0.504. The summed E-state index contributed by atoms with van der Waals surface area (Å²) in [7, 11) is 0. The van der Waals surface area contributed by atoms with Crippen molar-refractivity contribution in [2.24, 2.45) is 23.2 Å². The summed E-state index contributed by atoms with van der Waals surface area (Å²) in [6, 6.07) is 0. The Hall–Kier alpha value is -1.16. The molecular weight excluding hydrogens is 372 g/mol. The second-order valence-corrected chi connectivity index (χ2v) is 10.7. The average Bonchev–Trinajstić information content (AvgIpc) is 3.00. The first kappa shape index (κ1) is 23.5.